The number of para-hydroxylation sites is 2. The molecule has 0 N–H and O–H groups in total. The lowest BCUT2D eigenvalue weighted by molar-refractivity contribution is 0.442. The first-order valence-corrected chi connectivity index (χ1v) is 16.4. The molecule has 0 saturated heterocycles. The van der Waals surface area contributed by atoms with Crippen molar-refractivity contribution in [3.8, 4) is 11.9 Å². The van der Waals surface area contributed by atoms with E-state index >= 15 is 0 Å². The molecule has 0 amide bonds. The molecule has 0 bridgehead atoms. The van der Waals surface area contributed by atoms with E-state index < -0.39 is 0 Å². The summed E-state index contributed by atoms with van der Waals surface area (Å²) in [5.74, 6) is 2.59. The Bertz CT molecular complexity index is 1970. The summed E-state index contributed by atoms with van der Waals surface area (Å²) in [6.07, 6.45) is 21.1. The number of fused-ring (bicyclic) bond motifs is 6. The fourth-order valence-electron chi connectivity index (χ4n) is 8.05. The third-order valence-corrected chi connectivity index (χ3v) is 10.3. The Hall–Kier alpha value is -4.58. The van der Waals surface area contributed by atoms with Crippen molar-refractivity contribution < 1.29 is 0 Å². The van der Waals surface area contributed by atoms with Gasteiger partial charge in [-0.15, -0.1) is 0 Å². The van der Waals surface area contributed by atoms with Gasteiger partial charge in [0.05, 0.1) is 22.1 Å². The smallest absolute Gasteiger partial charge is 0.234 e. The first-order chi connectivity index (χ1) is 21.8. The van der Waals surface area contributed by atoms with Crippen LogP contribution in [0.15, 0.2) is 85.5 Å². The number of aromatic nitrogens is 6. The summed E-state index contributed by atoms with van der Waals surface area (Å²) in [7, 11) is 0. The highest BCUT2D eigenvalue weighted by atomic mass is 15.2. The number of hydrogen-bond acceptors (Lipinski definition) is 4. The second-order valence-corrected chi connectivity index (χ2v) is 12.9. The zero-order chi connectivity index (χ0) is 29.0. The van der Waals surface area contributed by atoms with Crippen molar-refractivity contribution in [1.82, 2.24) is 29.1 Å². The summed E-state index contributed by atoms with van der Waals surface area (Å²) in [6.45, 7) is 0. The third kappa shape index (κ3) is 4.15. The van der Waals surface area contributed by atoms with E-state index in [1.807, 2.05) is 0 Å². The molecule has 218 valence electrons. The van der Waals surface area contributed by atoms with Gasteiger partial charge in [-0.2, -0.15) is 0 Å². The van der Waals surface area contributed by atoms with Gasteiger partial charge in [0.15, 0.2) is 0 Å². The number of rotatable bonds is 4. The largest absolute Gasteiger partial charge is 0.278 e. The van der Waals surface area contributed by atoms with E-state index in [0.717, 1.165) is 22.1 Å². The Balaban J connectivity index is 1.24. The monoisotopic (exact) mass is 576 g/mol. The molecule has 7 aromatic rings. The van der Waals surface area contributed by atoms with Crippen LogP contribution in [-0.4, -0.2) is 29.1 Å². The van der Waals surface area contributed by atoms with E-state index in [9.17, 15) is 0 Å². The molecule has 2 fully saturated rings. The fourth-order valence-corrected chi connectivity index (χ4v) is 8.05. The molecule has 4 heterocycles. The molecule has 2 aliphatic rings. The van der Waals surface area contributed by atoms with Gasteiger partial charge in [0.2, 0.25) is 11.9 Å². The SMILES string of the molecule is c1ccc2c(c1)c1cc3c4ccccc4n(-c4ncc(C5CCCCC5)cn4)c3cc1n2-c1ncc(C2CCCCC2)cn1. The summed E-state index contributed by atoms with van der Waals surface area (Å²) in [5.41, 5.74) is 6.95. The van der Waals surface area contributed by atoms with E-state index in [2.05, 4.69) is 94.6 Å². The van der Waals surface area contributed by atoms with Crippen molar-refractivity contribution >= 4 is 43.6 Å². The van der Waals surface area contributed by atoms with Gasteiger partial charge in [0, 0.05) is 46.3 Å². The van der Waals surface area contributed by atoms with Crippen LogP contribution in [0.4, 0.5) is 0 Å². The van der Waals surface area contributed by atoms with Gasteiger partial charge in [-0.1, -0.05) is 74.9 Å². The lowest BCUT2D eigenvalue weighted by atomic mass is 9.85. The minimum Gasteiger partial charge on any atom is -0.278 e. The Morgan fingerprint density at radius 3 is 1.27 bits per heavy atom. The van der Waals surface area contributed by atoms with Crippen LogP contribution in [0.2, 0.25) is 0 Å². The maximum atomic E-state index is 4.97. The molecule has 0 aliphatic heterocycles. The highest BCUT2D eigenvalue weighted by molar-refractivity contribution is 6.18. The molecule has 3 aromatic carbocycles. The van der Waals surface area contributed by atoms with Crippen molar-refractivity contribution in [2.75, 3.05) is 0 Å². The quantitative estimate of drug-likeness (QED) is 0.209. The van der Waals surface area contributed by atoms with E-state index in [1.54, 1.807) is 0 Å². The highest BCUT2D eigenvalue weighted by Crippen LogP contribution is 2.39. The Morgan fingerprint density at radius 2 is 0.841 bits per heavy atom. The van der Waals surface area contributed by atoms with Gasteiger partial charge in [-0.05, 0) is 72.9 Å². The summed E-state index contributed by atoms with van der Waals surface area (Å²) in [6, 6.07) is 21.9. The predicted octanol–water partition coefficient (Wildman–Crippen LogP) is 9.56. The van der Waals surface area contributed by atoms with Crippen LogP contribution in [-0.2, 0) is 0 Å². The molecule has 6 heteroatoms. The van der Waals surface area contributed by atoms with Crippen molar-refractivity contribution in [2.45, 2.75) is 76.0 Å². The van der Waals surface area contributed by atoms with Crippen molar-refractivity contribution in [1.29, 1.82) is 0 Å². The molecule has 0 atom stereocenters. The topological polar surface area (TPSA) is 61.4 Å². The summed E-state index contributed by atoms with van der Waals surface area (Å²) in [5, 5.41) is 4.80. The summed E-state index contributed by atoms with van der Waals surface area (Å²) >= 11 is 0. The summed E-state index contributed by atoms with van der Waals surface area (Å²) in [4.78, 5) is 19.9. The first-order valence-electron chi connectivity index (χ1n) is 16.4. The highest BCUT2D eigenvalue weighted by Gasteiger charge is 2.22. The third-order valence-electron chi connectivity index (χ3n) is 10.3. The van der Waals surface area contributed by atoms with Crippen LogP contribution in [0.5, 0.6) is 0 Å². The molecule has 4 aromatic heterocycles. The van der Waals surface area contributed by atoms with Gasteiger partial charge >= 0.3 is 0 Å². The molecule has 0 spiro atoms. The molecular formula is C38H36N6. The number of benzene rings is 3. The second kappa shape index (κ2) is 10.5. The predicted molar refractivity (Wildman–Crippen MR) is 178 cm³/mol. The van der Waals surface area contributed by atoms with Crippen LogP contribution >= 0.6 is 0 Å². The molecule has 0 radical (unpaired) electrons. The Morgan fingerprint density at radius 1 is 0.432 bits per heavy atom. The van der Waals surface area contributed by atoms with E-state index in [1.165, 1.54) is 96.9 Å². The van der Waals surface area contributed by atoms with Crippen LogP contribution < -0.4 is 0 Å². The number of nitrogens with zero attached hydrogens (tertiary/aromatic N) is 6. The molecule has 2 saturated carbocycles. The maximum absolute atomic E-state index is 4.97. The lowest BCUT2D eigenvalue weighted by Gasteiger charge is -2.21. The average Bonchev–Trinajstić information content (AvgIpc) is 3.60. The zero-order valence-electron chi connectivity index (χ0n) is 25.0. The minimum absolute atomic E-state index is 0.579. The zero-order valence-corrected chi connectivity index (χ0v) is 25.0. The van der Waals surface area contributed by atoms with Crippen LogP contribution in [0.25, 0.3) is 55.5 Å². The van der Waals surface area contributed by atoms with Gasteiger partial charge < -0.3 is 0 Å². The standard InChI is InChI=1S/C38H36N6/c1-3-11-25(12-4-1)27-21-39-37(40-22-27)43-33-17-9-7-15-29(33)31-19-32-30-16-8-10-18-34(30)44(36(32)20-35(31)43)38-41-23-28(24-42-38)26-13-5-2-6-14-26/h7-10,15-26H,1-6,11-14H2. The second-order valence-electron chi connectivity index (χ2n) is 12.9. The fraction of sp³-hybridized carbons (Fsp3) is 0.316. The van der Waals surface area contributed by atoms with Gasteiger partial charge in [-0.25, -0.2) is 19.9 Å². The normalized spacial score (nSPS) is 16.9. The van der Waals surface area contributed by atoms with Gasteiger partial charge in [-0.3, -0.25) is 9.13 Å². The lowest BCUT2D eigenvalue weighted by Crippen LogP contribution is -2.08. The number of hydrogen-bond donors (Lipinski definition) is 0. The van der Waals surface area contributed by atoms with Crippen LogP contribution in [0.1, 0.15) is 87.2 Å². The van der Waals surface area contributed by atoms with Gasteiger partial charge in [0.1, 0.15) is 0 Å². The summed E-state index contributed by atoms with van der Waals surface area (Å²) < 4.78 is 4.45. The molecule has 44 heavy (non-hydrogen) atoms. The Labute approximate surface area is 256 Å². The van der Waals surface area contributed by atoms with Crippen LogP contribution in [0, 0.1) is 0 Å². The van der Waals surface area contributed by atoms with Crippen LogP contribution in [0.3, 0.4) is 0 Å². The molecule has 0 unspecified atom stereocenters. The average molecular weight is 577 g/mol. The maximum Gasteiger partial charge on any atom is 0.234 e. The van der Waals surface area contributed by atoms with E-state index in [4.69, 9.17) is 19.9 Å². The van der Waals surface area contributed by atoms with Crippen molar-refractivity contribution in [2.24, 2.45) is 0 Å². The molecule has 9 rings (SSSR count). The van der Waals surface area contributed by atoms with E-state index in [-0.39, 0.29) is 0 Å². The minimum atomic E-state index is 0.579. The molecule has 6 nitrogen and oxygen atoms in total. The first kappa shape index (κ1) is 25.9. The molecular weight excluding hydrogens is 540 g/mol. The Kier molecular flexibility index (Phi) is 6.20. The van der Waals surface area contributed by atoms with Gasteiger partial charge in [0.25, 0.3) is 0 Å². The van der Waals surface area contributed by atoms with Crippen molar-refractivity contribution in [3.05, 3.63) is 96.6 Å². The van der Waals surface area contributed by atoms with E-state index in [0.29, 0.717) is 23.7 Å². The molecule has 2 aliphatic carbocycles. The van der Waals surface area contributed by atoms with Crippen molar-refractivity contribution in [3.63, 3.8) is 0 Å².